The second-order valence-electron chi connectivity index (χ2n) is 5.97. The fourth-order valence-electron chi connectivity index (χ4n) is 2.28. The van der Waals surface area contributed by atoms with Crippen LogP contribution in [-0.4, -0.2) is 76.6 Å². The lowest BCUT2D eigenvalue weighted by Gasteiger charge is -2.21. The summed E-state index contributed by atoms with van der Waals surface area (Å²) >= 11 is 0. The summed E-state index contributed by atoms with van der Waals surface area (Å²) in [5, 5.41) is 7.89. The average Bonchev–Trinajstić information content (AvgIpc) is 3.36. The quantitative estimate of drug-likeness (QED) is 0.438. The van der Waals surface area contributed by atoms with Crippen LogP contribution in [0.1, 0.15) is 6.92 Å². The number of carboxylic acids is 1. The number of aliphatic carboxylic acids is 1. The van der Waals surface area contributed by atoms with Crippen molar-refractivity contribution < 1.29 is 19.5 Å². The summed E-state index contributed by atoms with van der Waals surface area (Å²) in [5.74, 6) is -0.887. The highest BCUT2D eigenvalue weighted by Crippen LogP contribution is 2.33. The molecule has 3 aliphatic heterocycles. The van der Waals surface area contributed by atoms with Gasteiger partial charge in [-0.25, -0.2) is 4.79 Å². The predicted octanol–water partition coefficient (Wildman–Crippen LogP) is -0.172. The molecule has 1 aliphatic carbocycles. The van der Waals surface area contributed by atoms with Crippen molar-refractivity contribution in [2.45, 2.75) is 6.92 Å². The van der Waals surface area contributed by atoms with E-state index in [-0.39, 0.29) is 17.1 Å². The number of hydrogen-bond acceptors (Lipinski definition) is 6. The molecule has 0 unspecified atom stereocenters. The molecule has 122 valence electrons. The number of carbonyl (C=O) groups excluding carboxylic acids is 2. The topological polar surface area (TPSA) is 80.5 Å². The van der Waals surface area contributed by atoms with Crippen LogP contribution in [0.15, 0.2) is 35.3 Å². The van der Waals surface area contributed by atoms with Gasteiger partial charge in [-0.15, -0.1) is 0 Å². The van der Waals surface area contributed by atoms with E-state index in [1.165, 1.54) is 13.0 Å². The van der Waals surface area contributed by atoms with Crippen molar-refractivity contribution in [1.29, 1.82) is 0 Å². The van der Waals surface area contributed by atoms with Gasteiger partial charge in [0.25, 0.3) is 0 Å². The van der Waals surface area contributed by atoms with E-state index in [4.69, 9.17) is 5.11 Å². The number of nitrogens with zero attached hydrogens (tertiary/aromatic N) is 3. The predicted molar refractivity (Wildman–Crippen MR) is 82.3 cm³/mol. The zero-order chi connectivity index (χ0) is 16.7. The van der Waals surface area contributed by atoms with Crippen molar-refractivity contribution in [2.75, 3.05) is 39.3 Å². The summed E-state index contributed by atoms with van der Waals surface area (Å²) in [6.07, 6.45) is 1.52. The molecule has 0 bridgehead atoms. The van der Waals surface area contributed by atoms with Crippen LogP contribution in [0.4, 0.5) is 0 Å². The lowest BCUT2D eigenvalue weighted by molar-refractivity contribution is -0.132. The summed E-state index contributed by atoms with van der Waals surface area (Å²) in [4.78, 5) is 40.1. The Morgan fingerprint density at radius 1 is 1.00 bits per heavy atom. The Morgan fingerprint density at radius 2 is 1.43 bits per heavy atom. The Bertz CT molecular complexity index is 653. The van der Waals surface area contributed by atoms with Gasteiger partial charge in [-0.3, -0.25) is 9.59 Å². The molecule has 3 heterocycles. The minimum Gasteiger partial charge on any atom is -0.478 e. The first-order valence-corrected chi connectivity index (χ1v) is 7.59. The van der Waals surface area contributed by atoms with Crippen LogP contribution in [0.25, 0.3) is 0 Å². The van der Waals surface area contributed by atoms with E-state index < -0.39 is 5.97 Å². The smallest absolute Gasteiger partial charge is 0.330 e. The molecular weight excluding hydrogens is 298 g/mol. The maximum absolute atomic E-state index is 12.4. The van der Waals surface area contributed by atoms with Gasteiger partial charge in [0.2, 0.25) is 11.6 Å². The molecule has 0 spiro atoms. The van der Waals surface area contributed by atoms with E-state index in [0.717, 1.165) is 39.3 Å². The molecule has 3 saturated heterocycles. The van der Waals surface area contributed by atoms with E-state index in [1.54, 1.807) is 0 Å². The molecule has 0 atom stereocenters. The molecule has 0 radical (unpaired) electrons. The van der Waals surface area contributed by atoms with Crippen LogP contribution in [0.5, 0.6) is 0 Å². The zero-order valence-corrected chi connectivity index (χ0v) is 13.0. The number of Topliss-reactive ketones (excluding diaryl/α,β-unsaturated/α-hetero) is 1. The molecule has 7 heteroatoms. The van der Waals surface area contributed by atoms with Gasteiger partial charge in [0, 0.05) is 50.9 Å². The van der Waals surface area contributed by atoms with E-state index >= 15 is 0 Å². The molecular formula is C16H19N3O4. The number of allylic oxidation sites excluding steroid dienone is 1. The van der Waals surface area contributed by atoms with E-state index in [0.29, 0.717) is 17.1 Å². The highest BCUT2D eigenvalue weighted by Gasteiger charge is 2.43. The van der Waals surface area contributed by atoms with Crippen molar-refractivity contribution in [1.82, 2.24) is 14.7 Å². The highest BCUT2D eigenvalue weighted by molar-refractivity contribution is 6.22. The third-order valence-corrected chi connectivity index (χ3v) is 3.85. The number of carboxylic acid groups (broad SMARTS) is 1. The zero-order valence-electron chi connectivity index (χ0n) is 13.0. The largest absolute Gasteiger partial charge is 0.478 e. The van der Waals surface area contributed by atoms with Crippen LogP contribution in [0.3, 0.4) is 0 Å². The number of rotatable bonds is 4. The van der Waals surface area contributed by atoms with Crippen molar-refractivity contribution in [3.63, 3.8) is 0 Å². The molecule has 0 saturated carbocycles. The van der Waals surface area contributed by atoms with Gasteiger partial charge in [-0.05, 0) is 6.92 Å². The summed E-state index contributed by atoms with van der Waals surface area (Å²) < 4.78 is 0. The van der Waals surface area contributed by atoms with Crippen molar-refractivity contribution in [2.24, 2.45) is 0 Å². The van der Waals surface area contributed by atoms with Crippen LogP contribution < -0.4 is 0 Å². The van der Waals surface area contributed by atoms with Crippen molar-refractivity contribution in [3.8, 4) is 0 Å². The molecule has 0 amide bonds. The Labute approximate surface area is 134 Å². The SMILES string of the molecule is C=C(C)C(=O)O.O=C1C=C(N2CC2)C(=O)C(N2CC2)=C1N1CC1. The minimum atomic E-state index is -0.935. The molecule has 4 rings (SSSR count). The first kappa shape index (κ1) is 15.3. The van der Waals surface area contributed by atoms with Gasteiger partial charge in [0.1, 0.15) is 11.4 Å². The fourth-order valence-corrected chi connectivity index (χ4v) is 2.28. The number of hydrogen-bond donors (Lipinski definition) is 1. The Hall–Kier alpha value is -2.57. The summed E-state index contributed by atoms with van der Waals surface area (Å²) in [7, 11) is 0. The number of ketones is 2. The van der Waals surface area contributed by atoms with E-state index in [9.17, 15) is 14.4 Å². The second-order valence-corrected chi connectivity index (χ2v) is 5.97. The first-order chi connectivity index (χ1) is 10.9. The van der Waals surface area contributed by atoms with Crippen molar-refractivity contribution >= 4 is 17.5 Å². The molecule has 0 aromatic carbocycles. The Balaban J connectivity index is 0.000000227. The molecule has 23 heavy (non-hydrogen) atoms. The molecule has 3 fully saturated rings. The van der Waals surface area contributed by atoms with Crippen molar-refractivity contribution in [3.05, 3.63) is 35.3 Å². The van der Waals surface area contributed by atoms with Gasteiger partial charge in [0.15, 0.2) is 0 Å². The monoisotopic (exact) mass is 317 g/mol. The maximum atomic E-state index is 12.4. The lowest BCUT2D eigenvalue weighted by atomic mass is 10.0. The Kier molecular flexibility index (Phi) is 3.71. The van der Waals surface area contributed by atoms with Gasteiger partial charge in [-0.1, -0.05) is 6.58 Å². The molecule has 1 N–H and O–H groups in total. The first-order valence-electron chi connectivity index (χ1n) is 7.59. The van der Waals surface area contributed by atoms with Gasteiger partial charge < -0.3 is 19.8 Å². The Morgan fingerprint density at radius 3 is 1.83 bits per heavy atom. The van der Waals surface area contributed by atoms with Gasteiger partial charge in [0.05, 0.1) is 5.70 Å². The van der Waals surface area contributed by atoms with E-state index in [2.05, 4.69) is 6.58 Å². The average molecular weight is 317 g/mol. The summed E-state index contributed by atoms with van der Waals surface area (Å²) in [5.41, 5.74) is 2.06. The minimum absolute atomic E-state index is 0.00546. The molecule has 4 aliphatic rings. The van der Waals surface area contributed by atoms with Crippen LogP contribution in [-0.2, 0) is 14.4 Å². The number of carbonyl (C=O) groups is 3. The van der Waals surface area contributed by atoms with Gasteiger partial charge >= 0.3 is 5.97 Å². The third-order valence-electron chi connectivity index (χ3n) is 3.85. The third kappa shape index (κ3) is 3.28. The molecule has 0 aromatic heterocycles. The van der Waals surface area contributed by atoms with E-state index in [1.807, 2.05) is 14.7 Å². The summed E-state index contributed by atoms with van der Waals surface area (Å²) in [6, 6.07) is 0. The maximum Gasteiger partial charge on any atom is 0.330 e. The van der Waals surface area contributed by atoms with Crippen LogP contribution >= 0.6 is 0 Å². The lowest BCUT2D eigenvalue weighted by Crippen LogP contribution is -2.29. The summed E-state index contributed by atoms with van der Waals surface area (Å²) in [6.45, 7) is 10.0. The fraction of sp³-hybridized carbons (Fsp3) is 0.438. The highest BCUT2D eigenvalue weighted by atomic mass is 16.4. The molecule has 7 nitrogen and oxygen atoms in total. The van der Waals surface area contributed by atoms with Gasteiger partial charge in [-0.2, -0.15) is 0 Å². The second kappa shape index (κ2) is 5.57. The molecule has 0 aromatic rings. The van der Waals surface area contributed by atoms with Crippen LogP contribution in [0, 0.1) is 0 Å². The standard InChI is InChI=1S/C12H13N3O2.C4H6O2/c16-9-7-8(13-1-2-13)12(17)11(15-5-6-15)10(9)14-3-4-14;1-3(2)4(5)6/h7H,1-6H2;1H2,2H3,(H,5,6). The normalized spacial score (nSPS) is 21.6. The van der Waals surface area contributed by atoms with Crippen LogP contribution in [0.2, 0.25) is 0 Å².